The molecule has 0 saturated carbocycles. The largest absolute Gasteiger partial charge is 0.419 e. The summed E-state index contributed by atoms with van der Waals surface area (Å²) < 4.78 is 5.94. The maximum absolute atomic E-state index is 9.44. The van der Waals surface area contributed by atoms with Crippen LogP contribution in [0, 0.1) is 17.2 Å². The highest BCUT2D eigenvalue weighted by molar-refractivity contribution is 5.58. The minimum Gasteiger partial charge on any atom is -0.419 e. The van der Waals surface area contributed by atoms with Gasteiger partial charge in [-0.15, -0.1) is 0 Å². The number of rotatable bonds is 4. The van der Waals surface area contributed by atoms with Crippen molar-refractivity contribution in [2.24, 2.45) is 5.92 Å². The Labute approximate surface area is 152 Å². The quantitative estimate of drug-likeness (QED) is 0.714. The van der Waals surface area contributed by atoms with E-state index in [9.17, 15) is 5.26 Å². The summed E-state index contributed by atoms with van der Waals surface area (Å²) in [7, 11) is 0. The van der Waals surface area contributed by atoms with Crippen molar-refractivity contribution >= 4 is 5.88 Å². The minimum absolute atomic E-state index is 0.352. The molecule has 1 aromatic carbocycles. The molecule has 0 amide bonds. The molecule has 0 radical (unpaired) electrons. The minimum atomic E-state index is 0.352. The van der Waals surface area contributed by atoms with Gasteiger partial charge in [-0.2, -0.15) is 10.2 Å². The van der Waals surface area contributed by atoms with Crippen LogP contribution in [0.15, 0.2) is 59.3 Å². The molecule has 4 rings (SSSR count). The molecule has 3 heterocycles. The Hall–Kier alpha value is -3.13. The highest BCUT2D eigenvalue weighted by Crippen LogP contribution is 2.31. The number of hydrogen-bond donors (Lipinski definition) is 0. The Bertz CT molecular complexity index is 891. The van der Waals surface area contributed by atoms with E-state index in [4.69, 9.17) is 4.42 Å². The van der Waals surface area contributed by atoms with E-state index in [1.807, 2.05) is 12.1 Å². The van der Waals surface area contributed by atoms with E-state index in [0.29, 0.717) is 23.4 Å². The summed E-state index contributed by atoms with van der Waals surface area (Å²) in [4.78, 5) is 10.6. The number of piperidine rings is 1. The zero-order valence-electron chi connectivity index (χ0n) is 14.5. The molecule has 2 aromatic heterocycles. The second-order valence-corrected chi connectivity index (χ2v) is 6.65. The van der Waals surface area contributed by atoms with Crippen molar-refractivity contribution in [2.75, 3.05) is 18.0 Å². The monoisotopic (exact) mass is 344 g/mol. The standard InChI is InChI=1S/C21H20N4O/c22-14-19-21(26-20(24-19)18-7-4-10-23-15-18)25-11-8-17(9-12-25)13-16-5-2-1-3-6-16/h1-7,10,15,17H,8-9,11-13H2. The number of nitrogens with zero attached hydrogens (tertiary/aromatic N) is 4. The van der Waals surface area contributed by atoms with Crippen LogP contribution in [-0.4, -0.2) is 23.1 Å². The topological polar surface area (TPSA) is 66.0 Å². The van der Waals surface area contributed by atoms with Crippen LogP contribution in [0.5, 0.6) is 0 Å². The number of pyridine rings is 1. The molecule has 5 nitrogen and oxygen atoms in total. The zero-order chi connectivity index (χ0) is 17.8. The van der Waals surface area contributed by atoms with Crippen molar-refractivity contribution < 1.29 is 4.42 Å². The lowest BCUT2D eigenvalue weighted by molar-refractivity contribution is 0.389. The third-order valence-electron chi connectivity index (χ3n) is 4.89. The fraction of sp³-hybridized carbons (Fsp3) is 0.286. The summed E-state index contributed by atoms with van der Waals surface area (Å²) in [6, 6.07) is 16.5. The van der Waals surface area contributed by atoms with Crippen LogP contribution in [0.3, 0.4) is 0 Å². The first kappa shape index (κ1) is 16.3. The second-order valence-electron chi connectivity index (χ2n) is 6.65. The average Bonchev–Trinajstić information content (AvgIpc) is 3.15. The van der Waals surface area contributed by atoms with Crippen molar-refractivity contribution in [3.63, 3.8) is 0 Å². The molecule has 5 heteroatoms. The third-order valence-corrected chi connectivity index (χ3v) is 4.89. The summed E-state index contributed by atoms with van der Waals surface area (Å²) in [5.41, 5.74) is 2.53. The molecular weight excluding hydrogens is 324 g/mol. The molecule has 1 saturated heterocycles. The van der Waals surface area contributed by atoms with Crippen LogP contribution in [0.4, 0.5) is 5.88 Å². The Morgan fingerprint density at radius 1 is 1.12 bits per heavy atom. The first-order valence-corrected chi connectivity index (χ1v) is 8.93. The van der Waals surface area contributed by atoms with E-state index >= 15 is 0 Å². The van der Waals surface area contributed by atoms with E-state index in [1.165, 1.54) is 5.56 Å². The molecule has 26 heavy (non-hydrogen) atoms. The highest BCUT2D eigenvalue weighted by Gasteiger charge is 2.25. The number of anilines is 1. The molecule has 0 bridgehead atoms. The van der Waals surface area contributed by atoms with Gasteiger partial charge in [0.15, 0.2) is 0 Å². The van der Waals surface area contributed by atoms with E-state index in [0.717, 1.165) is 37.9 Å². The van der Waals surface area contributed by atoms with Crippen LogP contribution in [-0.2, 0) is 6.42 Å². The fourth-order valence-corrected chi connectivity index (χ4v) is 3.50. The van der Waals surface area contributed by atoms with Crippen LogP contribution >= 0.6 is 0 Å². The van der Waals surface area contributed by atoms with Crippen LogP contribution < -0.4 is 4.90 Å². The smallest absolute Gasteiger partial charge is 0.235 e. The normalized spacial score (nSPS) is 15.0. The molecule has 1 aliphatic heterocycles. The van der Waals surface area contributed by atoms with Gasteiger partial charge in [0.1, 0.15) is 6.07 Å². The predicted octanol–water partition coefficient (Wildman–Crippen LogP) is 4.07. The van der Waals surface area contributed by atoms with Crippen molar-refractivity contribution in [1.82, 2.24) is 9.97 Å². The van der Waals surface area contributed by atoms with Crippen molar-refractivity contribution in [3.05, 3.63) is 66.1 Å². The number of hydrogen-bond acceptors (Lipinski definition) is 5. The lowest BCUT2D eigenvalue weighted by Crippen LogP contribution is -2.34. The highest BCUT2D eigenvalue weighted by atomic mass is 16.4. The molecule has 0 spiro atoms. The lowest BCUT2D eigenvalue weighted by Gasteiger charge is -2.31. The number of nitriles is 1. The third kappa shape index (κ3) is 3.45. The summed E-state index contributed by atoms with van der Waals surface area (Å²) in [5, 5.41) is 9.44. The molecule has 130 valence electrons. The van der Waals surface area contributed by atoms with E-state index < -0.39 is 0 Å². The van der Waals surface area contributed by atoms with E-state index in [1.54, 1.807) is 12.4 Å². The summed E-state index contributed by atoms with van der Waals surface area (Å²) >= 11 is 0. The van der Waals surface area contributed by atoms with Gasteiger partial charge in [-0.1, -0.05) is 30.3 Å². The van der Waals surface area contributed by atoms with Gasteiger partial charge < -0.3 is 9.32 Å². The van der Waals surface area contributed by atoms with E-state index in [2.05, 4.69) is 51.3 Å². The number of benzene rings is 1. The average molecular weight is 344 g/mol. The predicted molar refractivity (Wildman–Crippen MR) is 99.5 cm³/mol. The van der Waals surface area contributed by atoms with E-state index in [-0.39, 0.29) is 0 Å². The zero-order valence-corrected chi connectivity index (χ0v) is 14.5. The van der Waals surface area contributed by atoms with Gasteiger partial charge >= 0.3 is 0 Å². The molecule has 0 unspecified atom stereocenters. The Kier molecular flexibility index (Phi) is 4.65. The Morgan fingerprint density at radius 3 is 2.62 bits per heavy atom. The SMILES string of the molecule is N#Cc1nc(-c2cccnc2)oc1N1CCC(Cc2ccccc2)CC1. The molecule has 0 N–H and O–H groups in total. The maximum atomic E-state index is 9.44. The Morgan fingerprint density at radius 2 is 1.92 bits per heavy atom. The molecular formula is C21H20N4O. The summed E-state index contributed by atoms with van der Waals surface area (Å²) in [6.45, 7) is 1.77. The van der Waals surface area contributed by atoms with Gasteiger partial charge in [-0.3, -0.25) is 4.98 Å². The fourth-order valence-electron chi connectivity index (χ4n) is 3.50. The van der Waals surface area contributed by atoms with Crippen LogP contribution in [0.1, 0.15) is 24.1 Å². The molecule has 1 aliphatic rings. The van der Waals surface area contributed by atoms with Gasteiger partial charge in [-0.25, -0.2) is 0 Å². The van der Waals surface area contributed by atoms with Gasteiger partial charge in [0.05, 0.1) is 5.56 Å². The Balaban J connectivity index is 1.46. The molecule has 3 aromatic rings. The van der Waals surface area contributed by atoms with Crippen molar-refractivity contribution in [1.29, 1.82) is 5.26 Å². The second kappa shape index (κ2) is 7.40. The molecule has 0 aliphatic carbocycles. The summed E-state index contributed by atoms with van der Waals surface area (Å²) in [5.74, 6) is 1.71. The number of aromatic nitrogens is 2. The molecule has 1 fully saturated rings. The first-order chi connectivity index (χ1) is 12.8. The van der Waals surface area contributed by atoms with Crippen LogP contribution in [0.25, 0.3) is 11.5 Å². The molecule has 0 atom stereocenters. The van der Waals surface area contributed by atoms with Crippen LogP contribution in [0.2, 0.25) is 0 Å². The summed E-state index contributed by atoms with van der Waals surface area (Å²) in [6.07, 6.45) is 6.68. The van der Waals surface area contributed by atoms with Gasteiger partial charge in [0.2, 0.25) is 17.5 Å². The van der Waals surface area contributed by atoms with Crippen molar-refractivity contribution in [2.45, 2.75) is 19.3 Å². The van der Waals surface area contributed by atoms with Gasteiger partial charge in [0, 0.05) is 25.5 Å². The van der Waals surface area contributed by atoms with Gasteiger partial charge in [0.25, 0.3) is 0 Å². The lowest BCUT2D eigenvalue weighted by atomic mass is 9.90. The van der Waals surface area contributed by atoms with Crippen molar-refractivity contribution in [3.8, 4) is 17.5 Å². The maximum Gasteiger partial charge on any atom is 0.235 e. The van der Waals surface area contributed by atoms with Gasteiger partial charge in [-0.05, 0) is 42.9 Å². The first-order valence-electron chi connectivity index (χ1n) is 8.93. The number of oxazole rings is 1.